The molecule has 1 aliphatic carbocycles. The number of rotatable bonds is 6. The Bertz CT molecular complexity index is 389. The molecular formula is C17H27NO. The van der Waals surface area contributed by atoms with Crippen molar-refractivity contribution in [2.75, 3.05) is 13.2 Å². The Balaban J connectivity index is 2.04. The van der Waals surface area contributed by atoms with E-state index in [0.29, 0.717) is 18.1 Å². The van der Waals surface area contributed by atoms with Crippen molar-refractivity contribution in [3.05, 3.63) is 35.4 Å². The summed E-state index contributed by atoms with van der Waals surface area (Å²) < 4.78 is 6.15. The van der Waals surface area contributed by atoms with E-state index in [2.05, 4.69) is 50.4 Å². The maximum absolute atomic E-state index is 6.15. The van der Waals surface area contributed by atoms with Crippen LogP contribution in [0.3, 0.4) is 0 Å². The third-order valence-electron chi connectivity index (χ3n) is 3.91. The van der Waals surface area contributed by atoms with Crippen molar-refractivity contribution in [3.63, 3.8) is 0 Å². The molecule has 0 amide bonds. The van der Waals surface area contributed by atoms with Gasteiger partial charge in [0.2, 0.25) is 0 Å². The van der Waals surface area contributed by atoms with Gasteiger partial charge < -0.3 is 10.1 Å². The van der Waals surface area contributed by atoms with Crippen LogP contribution in [0.25, 0.3) is 0 Å². The van der Waals surface area contributed by atoms with Crippen LogP contribution in [0.1, 0.15) is 50.8 Å². The topological polar surface area (TPSA) is 21.3 Å². The molecule has 1 N–H and O–H groups in total. The molecule has 2 unspecified atom stereocenters. The summed E-state index contributed by atoms with van der Waals surface area (Å²) >= 11 is 0. The van der Waals surface area contributed by atoms with Gasteiger partial charge in [-0.3, -0.25) is 0 Å². The number of nitrogens with one attached hydrogen (secondary N) is 1. The SMILES string of the molecule is CCNC1c2ccccc2CCC1OCCC(C)C. The number of likely N-dealkylation sites (N-methyl/N-ethyl adjacent to an activating group) is 1. The van der Waals surface area contributed by atoms with Crippen LogP contribution in [0, 0.1) is 5.92 Å². The zero-order valence-electron chi connectivity index (χ0n) is 12.5. The Labute approximate surface area is 117 Å². The van der Waals surface area contributed by atoms with Gasteiger partial charge in [-0.15, -0.1) is 0 Å². The highest BCUT2D eigenvalue weighted by molar-refractivity contribution is 5.33. The minimum absolute atomic E-state index is 0.327. The molecule has 0 heterocycles. The van der Waals surface area contributed by atoms with Gasteiger partial charge in [0.05, 0.1) is 12.1 Å². The predicted molar refractivity (Wildman–Crippen MR) is 80.4 cm³/mol. The van der Waals surface area contributed by atoms with Gasteiger partial charge in [0, 0.05) is 6.61 Å². The second-order valence-electron chi connectivity index (χ2n) is 5.86. The van der Waals surface area contributed by atoms with Gasteiger partial charge in [0.25, 0.3) is 0 Å². The highest BCUT2D eigenvalue weighted by Crippen LogP contribution is 2.31. The predicted octanol–water partition coefficient (Wildman–Crippen LogP) is 3.71. The summed E-state index contributed by atoms with van der Waals surface area (Å²) in [6.45, 7) is 8.54. The molecule has 0 fully saturated rings. The lowest BCUT2D eigenvalue weighted by atomic mass is 9.85. The first-order chi connectivity index (χ1) is 9.22. The molecule has 0 radical (unpaired) electrons. The lowest BCUT2D eigenvalue weighted by Crippen LogP contribution is -2.38. The molecule has 2 nitrogen and oxygen atoms in total. The largest absolute Gasteiger partial charge is 0.376 e. The highest BCUT2D eigenvalue weighted by Gasteiger charge is 2.29. The average molecular weight is 261 g/mol. The number of aryl methyl sites for hydroxylation is 1. The molecule has 1 aliphatic rings. The van der Waals surface area contributed by atoms with E-state index in [-0.39, 0.29) is 0 Å². The van der Waals surface area contributed by atoms with Crippen LogP contribution in [0.5, 0.6) is 0 Å². The van der Waals surface area contributed by atoms with E-state index in [1.807, 2.05) is 0 Å². The molecule has 0 aliphatic heterocycles. The van der Waals surface area contributed by atoms with Gasteiger partial charge in [-0.05, 0) is 42.9 Å². The van der Waals surface area contributed by atoms with Crippen LogP contribution in [-0.2, 0) is 11.2 Å². The maximum atomic E-state index is 6.15. The number of hydrogen-bond acceptors (Lipinski definition) is 2. The van der Waals surface area contributed by atoms with Crippen molar-refractivity contribution in [1.29, 1.82) is 0 Å². The smallest absolute Gasteiger partial charge is 0.0773 e. The number of benzene rings is 1. The van der Waals surface area contributed by atoms with Crippen LogP contribution < -0.4 is 5.32 Å². The normalized spacial score (nSPS) is 22.5. The Kier molecular flexibility index (Phi) is 5.41. The Morgan fingerprint density at radius 3 is 2.84 bits per heavy atom. The van der Waals surface area contributed by atoms with Crippen molar-refractivity contribution >= 4 is 0 Å². The van der Waals surface area contributed by atoms with Crippen LogP contribution in [0.4, 0.5) is 0 Å². The van der Waals surface area contributed by atoms with Gasteiger partial charge in [-0.25, -0.2) is 0 Å². The van der Waals surface area contributed by atoms with Crippen molar-refractivity contribution in [3.8, 4) is 0 Å². The maximum Gasteiger partial charge on any atom is 0.0773 e. The number of hydrogen-bond donors (Lipinski definition) is 1. The van der Waals surface area contributed by atoms with Crippen LogP contribution in [0.15, 0.2) is 24.3 Å². The fraction of sp³-hybridized carbons (Fsp3) is 0.647. The second-order valence-corrected chi connectivity index (χ2v) is 5.86. The van der Waals surface area contributed by atoms with E-state index >= 15 is 0 Å². The quantitative estimate of drug-likeness (QED) is 0.843. The summed E-state index contributed by atoms with van der Waals surface area (Å²) in [4.78, 5) is 0. The Morgan fingerprint density at radius 1 is 1.32 bits per heavy atom. The summed E-state index contributed by atoms with van der Waals surface area (Å²) in [5, 5.41) is 3.60. The molecule has 0 saturated carbocycles. The summed E-state index contributed by atoms with van der Waals surface area (Å²) in [5.41, 5.74) is 2.92. The summed E-state index contributed by atoms with van der Waals surface area (Å²) in [6.07, 6.45) is 3.75. The first-order valence-electron chi connectivity index (χ1n) is 7.65. The van der Waals surface area contributed by atoms with E-state index in [9.17, 15) is 0 Å². The fourth-order valence-corrected chi connectivity index (χ4v) is 2.83. The second kappa shape index (κ2) is 7.06. The van der Waals surface area contributed by atoms with E-state index in [0.717, 1.165) is 32.4 Å². The van der Waals surface area contributed by atoms with Crippen molar-refractivity contribution in [1.82, 2.24) is 5.32 Å². The average Bonchev–Trinajstić information content (AvgIpc) is 2.41. The molecule has 19 heavy (non-hydrogen) atoms. The third-order valence-corrected chi connectivity index (χ3v) is 3.91. The molecule has 2 heteroatoms. The summed E-state index contributed by atoms with van der Waals surface area (Å²) in [5.74, 6) is 0.716. The Morgan fingerprint density at radius 2 is 2.11 bits per heavy atom. The van der Waals surface area contributed by atoms with Gasteiger partial charge in [0.1, 0.15) is 0 Å². The monoisotopic (exact) mass is 261 g/mol. The standard InChI is InChI=1S/C17H27NO/c1-4-18-17-15-8-6-5-7-14(15)9-10-16(17)19-12-11-13(2)3/h5-8,13,16-18H,4,9-12H2,1-3H3. The Hall–Kier alpha value is -0.860. The molecule has 0 aromatic heterocycles. The first-order valence-corrected chi connectivity index (χ1v) is 7.65. The van der Waals surface area contributed by atoms with Gasteiger partial charge in [-0.1, -0.05) is 45.0 Å². The lowest BCUT2D eigenvalue weighted by Gasteiger charge is -2.34. The van der Waals surface area contributed by atoms with Crippen LogP contribution in [-0.4, -0.2) is 19.3 Å². The zero-order chi connectivity index (χ0) is 13.7. The van der Waals surface area contributed by atoms with Crippen molar-refractivity contribution < 1.29 is 4.74 Å². The highest BCUT2D eigenvalue weighted by atomic mass is 16.5. The fourth-order valence-electron chi connectivity index (χ4n) is 2.83. The number of fused-ring (bicyclic) bond motifs is 1. The zero-order valence-corrected chi connectivity index (χ0v) is 12.5. The molecule has 1 aromatic rings. The van der Waals surface area contributed by atoms with E-state index in [1.54, 1.807) is 0 Å². The summed E-state index contributed by atoms with van der Waals surface area (Å²) in [6, 6.07) is 9.15. The molecule has 1 aromatic carbocycles. The lowest BCUT2D eigenvalue weighted by molar-refractivity contribution is 0.0109. The van der Waals surface area contributed by atoms with Crippen LogP contribution >= 0.6 is 0 Å². The molecule has 0 saturated heterocycles. The van der Waals surface area contributed by atoms with Gasteiger partial charge >= 0.3 is 0 Å². The van der Waals surface area contributed by atoms with Gasteiger partial charge in [-0.2, -0.15) is 0 Å². The molecular weight excluding hydrogens is 234 g/mol. The minimum Gasteiger partial charge on any atom is -0.376 e. The van der Waals surface area contributed by atoms with Crippen molar-refractivity contribution in [2.24, 2.45) is 5.92 Å². The van der Waals surface area contributed by atoms with Gasteiger partial charge in [0.15, 0.2) is 0 Å². The van der Waals surface area contributed by atoms with E-state index in [4.69, 9.17) is 4.74 Å². The van der Waals surface area contributed by atoms with Crippen molar-refractivity contribution in [2.45, 2.75) is 52.2 Å². The first kappa shape index (κ1) is 14.5. The molecule has 2 atom stereocenters. The minimum atomic E-state index is 0.327. The molecule has 0 spiro atoms. The number of ether oxygens (including phenoxy) is 1. The molecule has 0 bridgehead atoms. The molecule has 106 valence electrons. The van der Waals surface area contributed by atoms with Crippen LogP contribution in [0.2, 0.25) is 0 Å². The van der Waals surface area contributed by atoms with E-state index in [1.165, 1.54) is 11.1 Å². The third kappa shape index (κ3) is 3.80. The van der Waals surface area contributed by atoms with E-state index < -0.39 is 0 Å². The molecule has 2 rings (SSSR count). The summed E-state index contributed by atoms with van der Waals surface area (Å²) in [7, 11) is 0.